The van der Waals surface area contributed by atoms with Crippen molar-refractivity contribution in [3.8, 4) is 0 Å². The van der Waals surface area contributed by atoms with Crippen molar-refractivity contribution in [3.05, 3.63) is 34.3 Å². The number of halogens is 3. The van der Waals surface area contributed by atoms with Crippen molar-refractivity contribution >= 4 is 15.9 Å². The van der Waals surface area contributed by atoms with Gasteiger partial charge in [-0.2, -0.15) is 0 Å². The second-order valence-corrected chi connectivity index (χ2v) is 3.57. The quantitative estimate of drug-likeness (QED) is 0.869. The maximum Gasteiger partial charge on any atom is 0.257 e. The van der Waals surface area contributed by atoms with Crippen molar-refractivity contribution in [2.45, 2.75) is 12.5 Å². The second-order valence-electron chi connectivity index (χ2n) is 2.65. The SMILES string of the molecule is CNC(c1ccc(Br)cc1)C(F)F. The van der Waals surface area contributed by atoms with E-state index in [0.717, 1.165) is 4.47 Å². The smallest absolute Gasteiger partial charge is 0.257 e. The minimum atomic E-state index is -2.38. The Kier molecular flexibility index (Phi) is 3.81. The summed E-state index contributed by atoms with van der Waals surface area (Å²) in [7, 11) is 1.53. The van der Waals surface area contributed by atoms with Gasteiger partial charge in [-0.25, -0.2) is 8.78 Å². The Morgan fingerprint density at radius 2 is 1.77 bits per heavy atom. The highest BCUT2D eigenvalue weighted by Crippen LogP contribution is 2.21. The first kappa shape index (κ1) is 10.6. The molecule has 0 saturated heterocycles. The predicted octanol–water partition coefficient (Wildman–Crippen LogP) is 2.97. The molecule has 4 heteroatoms. The number of alkyl halides is 2. The summed E-state index contributed by atoms with van der Waals surface area (Å²) in [5, 5.41) is 2.57. The zero-order valence-electron chi connectivity index (χ0n) is 7.10. The van der Waals surface area contributed by atoms with Crippen LogP contribution in [0.25, 0.3) is 0 Å². The molecule has 0 radical (unpaired) electrons. The van der Waals surface area contributed by atoms with Crippen LogP contribution in [-0.2, 0) is 0 Å². The molecular weight excluding hydrogens is 240 g/mol. The number of rotatable bonds is 3. The van der Waals surface area contributed by atoms with Crippen LogP contribution in [0.3, 0.4) is 0 Å². The first-order valence-electron chi connectivity index (χ1n) is 3.86. The van der Waals surface area contributed by atoms with Crippen molar-refractivity contribution in [2.24, 2.45) is 0 Å². The second kappa shape index (κ2) is 4.67. The van der Waals surface area contributed by atoms with E-state index in [1.54, 1.807) is 24.3 Å². The van der Waals surface area contributed by atoms with Gasteiger partial charge < -0.3 is 5.32 Å². The maximum atomic E-state index is 12.4. The van der Waals surface area contributed by atoms with Crippen LogP contribution in [0, 0.1) is 0 Å². The maximum absolute atomic E-state index is 12.4. The number of nitrogens with one attached hydrogen (secondary N) is 1. The minimum Gasteiger partial charge on any atom is -0.308 e. The van der Waals surface area contributed by atoms with E-state index in [-0.39, 0.29) is 0 Å². The summed E-state index contributed by atoms with van der Waals surface area (Å²) in [6.07, 6.45) is -2.38. The van der Waals surface area contributed by atoms with Crippen LogP contribution in [0.4, 0.5) is 8.78 Å². The van der Waals surface area contributed by atoms with Crippen molar-refractivity contribution in [1.82, 2.24) is 5.32 Å². The van der Waals surface area contributed by atoms with Gasteiger partial charge in [-0.1, -0.05) is 28.1 Å². The molecule has 1 rings (SSSR count). The van der Waals surface area contributed by atoms with Crippen molar-refractivity contribution < 1.29 is 8.78 Å². The normalized spacial score (nSPS) is 13.3. The molecule has 1 aromatic rings. The van der Waals surface area contributed by atoms with Gasteiger partial charge in [0.25, 0.3) is 6.43 Å². The molecule has 0 spiro atoms. The number of hydrogen-bond acceptors (Lipinski definition) is 1. The van der Waals surface area contributed by atoms with Crippen LogP contribution < -0.4 is 5.32 Å². The molecule has 0 saturated carbocycles. The minimum absolute atomic E-state index is 0.598. The first-order valence-corrected chi connectivity index (χ1v) is 4.65. The summed E-state index contributed by atoms with van der Waals surface area (Å²) >= 11 is 3.25. The Morgan fingerprint density at radius 3 is 2.15 bits per heavy atom. The molecule has 1 atom stereocenters. The molecule has 1 nitrogen and oxygen atoms in total. The largest absolute Gasteiger partial charge is 0.308 e. The standard InChI is InChI=1S/C9H10BrF2N/c1-13-8(9(11)12)6-2-4-7(10)5-3-6/h2-5,8-9,13H,1H3. The lowest BCUT2D eigenvalue weighted by molar-refractivity contribution is 0.102. The van der Waals surface area contributed by atoms with Gasteiger partial charge in [0.1, 0.15) is 0 Å². The van der Waals surface area contributed by atoms with E-state index in [0.29, 0.717) is 5.56 Å². The Hall–Kier alpha value is -0.480. The number of benzene rings is 1. The summed E-state index contributed by atoms with van der Waals surface area (Å²) < 4.78 is 25.7. The molecular formula is C9H10BrF2N. The van der Waals surface area contributed by atoms with Crippen molar-refractivity contribution in [1.29, 1.82) is 0 Å². The third-order valence-corrected chi connectivity index (χ3v) is 2.32. The molecule has 1 aromatic carbocycles. The Bertz CT molecular complexity index is 261. The highest BCUT2D eigenvalue weighted by atomic mass is 79.9. The Morgan fingerprint density at radius 1 is 1.23 bits per heavy atom. The van der Waals surface area contributed by atoms with Crippen LogP contribution in [-0.4, -0.2) is 13.5 Å². The Balaban J connectivity index is 2.86. The predicted molar refractivity (Wildman–Crippen MR) is 51.9 cm³/mol. The average molecular weight is 250 g/mol. The van der Waals surface area contributed by atoms with Gasteiger partial charge in [0.05, 0.1) is 6.04 Å². The van der Waals surface area contributed by atoms with Crippen LogP contribution in [0.5, 0.6) is 0 Å². The molecule has 0 aliphatic rings. The summed E-state index contributed by atoms with van der Waals surface area (Å²) in [4.78, 5) is 0. The van der Waals surface area contributed by atoms with E-state index in [1.807, 2.05) is 0 Å². The third-order valence-electron chi connectivity index (χ3n) is 1.79. The summed E-state index contributed by atoms with van der Waals surface area (Å²) in [6.45, 7) is 0. The summed E-state index contributed by atoms with van der Waals surface area (Å²) in [6, 6.07) is 5.98. The molecule has 0 heterocycles. The summed E-state index contributed by atoms with van der Waals surface area (Å²) in [5.41, 5.74) is 0.598. The lowest BCUT2D eigenvalue weighted by Crippen LogP contribution is -2.23. The zero-order valence-corrected chi connectivity index (χ0v) is 8.68. The Labute approximate surface area is 84.3 Å². The lowest BCUT2D eigenvalue weighted by Gasteiger charge is -2.15. The van der Waals surface area contributed by atoms with E-state index in [1.165, 1.54) is 7.05 Å². The summed E-state index contributed by atoms with van der Waals surface area (Å²) in [5.74, 6) is 0. The van der Waals surface area contributed by atoms with Crippen LogP contribution >= 0.6 is 15.9 Å². The fourth-order valence-corrected chi connectivity index (χ4v) is 1.37. The molecule has 0 aliphatic heterocycles. The van der Waals surface area contributed by atoms with Crippen molar-refractivity contribution in [3.63, 3.8) is 0 Å². The van der Waals surface area contributed by atoms with Crippen LogP contribution in [0.2, 0.25) is 0 Å². The fourth-order valence-electron chi connectivity index (χ4n) is 1.11. The first-order chi connectivity index (χ1) is 6.15. The van der Waals surface area contributed by atoms with Gasteiger partial charge >= 0.3 is 0 Å². The van der Waals surface area contributed by atoms with Gasteiger partial charge in [-0.15, -0.1) is 0 Å². The van der Waals surface area contributed by atoms with Gasteiger partial charge in [-0.3, -0.25) is 0 Å². The molecule has 13 heavy (non-hydrogen) atoms. The molecule has 0 amide bonds. The van der Waals surface area contributed by atoms with Gasteiger partial charge in [0.15, 0.2) is 0 Å². The van der Waals surface area contributed by atoms with E-state index in [9.17, 15) is 8.78 Å². The van der Waals surface area contributed by atoms with Gasteiger partial charge in [0.2, 0.25) is 0 Å². The highest BCUT2D eigenvalue weighted by molar-refractivity contribution is 9.10. The topological polar surface area (TPSA) is 12.0 Å². The number of hydrogen-bond donors (Lipinski definition) is 1. The van der Waals surface area contributed by atoms with Crippen LogP contribution in [0.1, 0.15) is 11.6 Å². The zero-order chi connectivity index (χ0) is 9.84. The van der Waals surface area contributed by atoms with Gasteiger partial charge in [-0.05, 0) is 24.7 Å². The lowest BCUT2D eigenvalue weighted by atomic mass is 10.1. The van der Waals surface area contributed by atoms with Crippen LogP contribution in [0.15, 0.2) is 28.7 Å². The van der Waals surface area contributed by atoms with E-state index in [4.69, 9.17) is 0 Å². The monoisotopic (exact) mass is 249 g/mol. The van der Waals surface area contributed by atoms with Gasteiger partial charge in [0, 0.05) is 4.47 Å². The molecule has 1 N–H and O–H groups in total. The molecule has 1 unspecified atom stereocenters. The van der Waals surface area contributed by atoms with E-state index < -0.39 is 12.5 Å². The molecule has 72 valence electrons. The molecule has 0 bridgehead atoms. The average Bonchev–Trinajstić information content (AvgIpc) is 2.09. The molecule has 0 aromatic heterocycles. The fraction of sp³-hybridized carbons (Fsp3) is 0.333. The highest BCUT2D eigenvalue weighted by Gasteiger charge is 2.19. The van der Waals surface area contributed by atoms with E-state index in [2.05, 4.69) is 21.2 Å². The molecule has 0 aliphatic carbocycles. The van der Waals surface area contributed by atoms with Crippen molar-refractivity contribution in [2.75, 3.05) is 7.05 Å². The third kappa shape index (κ3) is 2.74. The molecule has 0 fully saturated rings. The van der Waals surface area contributed by atoms with E-state index >= 15 is 0 Å².